The fourth-order valence-corrected chi connectivity index (χ4v) is 4.83. The highest BCUT2D eigenvalue weighted by atomic mass is 35.5. The van der Waals surface area contributed by atoms with Gasteiger partial charge in [0.15, 0.2) is 11.0 Å². The van der Waals surface area contributed by atoms with E-state index >= 15 is 0 Å². The Morgan fingerprint density at radius 3 is 2.43 bits per heavy atom. The number of nitrogens with zero attached hydrogens (tertiary/aromatic N) is 3. The van der Waals surface area contributed by atoms with Gasteiger partial charge in [0, 0.05) is 16.4 Å². The van der Waals surface area contributed by atoms with E-state index < -0.39 is 5.25 Å². The van der Waals surface area contributed by atoms with Crippen LogP contribution in [0.15, 0.2) is 71.9 Å². The first-order chi connectivity index (χ1) is 16.8. The number of carbonyl (C=O) groups excluding carboxylic acids is 1. The molecule has 0 saturated heterocycles. The number of benzene rings is 3. The van der Waals surface area contributed by atoms with Gasteiger partial charge in [-0.1, -0.05) is 71.4 Å². The zero-order valence-corrected chi connectivity index (χ0v) is 21.9. The number of aryl methyl sites for hydroxylation is 2. The first-order valence-electron chi connectivity index (χ1n) is 11.1. The number of halogens is 2. The molecule has 0 unspecified atom stereocenters. The van der Waals surface area contributed by atoms with Crippen molar-refractivity contribution in [1.82, 2.24) is 14.8 Å². The SMILES string of the molecule is Cc1cccc(C)c1NC(=O)[C@H](C)Sc1nnc(CNc2cc(Cl)ccc2Cl)n1-c1ccccc1. The Balaban J connectivity index is 1.57. The summed E-state index contributed by atoms with van der Waals surface area (Å²) in [6, 6.07) is 21.0. The summed E-state index contributed by atoms with van der Waals surface area (Å²) in [4.78, 5) is 13.0. The minimum atomic E-state index is -0.399. The van der Waals surface area contributed by atoms with Crippen molar-refractivity contribution in [2.75, 3.05) is 10.6 Å². The molecule has 1 atom stereocenters. The molecule has 0 radical (unpaired) electrons. The van der Waals surface area contributed by atoms with E-state index in [4.69, 9.17) is 23.2 Å². The summed E-state index contributed by atoms with van der Waals surface area (Å²) in [5.74, 6) is 0.581. The summed E-state index contributed by atoms with van der Waals surface area (Å²) in [5.41, 5.74) is 4.50. The monoisotopic (exact) mass is 525 g/mol. The second-order valence-corrected chi connectivity index (χ2v) is 10.2. The Morgan fingerprint density at radius 1 is 1.00 bits per heavy atom. The number of thioether (sulfide) groups is 1. The molecular weight excluding hydrogens is 501 g/mol. The van der Waals surface area contributed by atoms with Gasteiger partial charge in [-0.2, -0.15) is 0 Å². The van der Waals surface area contributed by atoms with Gasteiger partial charge in [-0.25, -0.2) is 0 Å². The predicted octanol–water partition coefficient (Wildman–Crippen LogP) is 6.92. The van der Waals surface area contributed by atoms with Gasteiger partial charge >= 0.3 is 0 Å². The van der Waals surface area contributed by atoms with Crippen LogP contribution in [0.25, 0.3) is 5.69 Å². The van der Waals surface area contributed by atoms with E-state index in [9.17, 15) is 4.79 Å². The number of carbonyl (C=O) groups is 1. The quantitative estimate of drug-likeness (QED) is 0.244. The van der Waals surface area contributed by atoms with Crippen LogP contribution in [0.3, 0.4) is 0 Å². The topological polar surface area (TPSA) is 71.8 Å². The van der Waals surface area contributed by atoms with Crippen LogP contribution in [0.4, 0.5) is 11.4 Å². The molecule has 0 spiro atoms. The first kappa shape index (κ1) is 25.1. The van der Waals surface area contributed by atoms with Crippen LogP contribution in [0.1, 0.15) is 23.9 Å². The molecule has 0 saturated carbocycles. The average Bonchev–Trinajstić information content (AvgIpc) is 3.24. The molecule has 0 bridgehead atoms. The van der Waals surface area contributed by atoms with Crippen LogP contribution < -0.4 is 10.6 Å². The van der Waals surface area contributed by atoms with Gasteiger partial charge in [0.05, 0.1) is 22.5 Å². The van der Waals surface area contributed by atoms with Gasteiger partial charge in [0.25, 0.3) is 0 Å². The van der Waals surface area contributed by atoms with Crippen LogP contribution in [0.5, 0.6) is 0 Å². The summed E-state index contributed by atoms with van der Waals surface area (Å²) < 4.78 is 1.94. The Morgan fingerprint density at radius 2 is 1.71 bits per heavy atom. The Bertz CT molecular complexity index is 1320. The van der Waals surface area contributed by atoms with Crippen molar-refractivity contribution < 1.29 is 4.79 Å². The second-order valence-electron chi connectivity index (χ2n) is 8.06. The maximum absolute atomic E-state index is 13.0. The maximum atomic E-state index is 13.0. The number of anilines is 2. The predicted molar refractivity (Wildman–Crippen MR) is 145 cm³/mol. The van der Waals surface area contributed by atoms with Crippen LogP contribution in [-0.4, -0.2) is 25.9 Å². The largest absolute Gasteiger partial charge is 0.376 e. The highest BCUT2D eigenvalue weighted by Crippen LogP contribution is 2.29. The molecule has 4 rings (SSSR count). The summed E-state index contributed by atoms with van der Waals surface area (Å²) >= 11 is 13.8. The molecule has 0 aliphatic heterocycles. The minimum Gasteiger partial charge on any atom is -0.376 e. The molecule has 0 fully saturated rings. The van der Waals surface area contributed by atoms with E-state index in [-0.39, 0.29) is 5.91 Å². The van der Waals surface area contributed by atoms with Crippen molar-refractivity contribution in [3.05, 3.63) is 93.7 Å². The Hall–Kier alpha value is -3.00. The smallest absolute Gasteiger partial charge is 0.237 e. The zero-order chi connectivity index (χ0) is 24.9. The van der Waals surface area contributed by atoms with E-state index in [1.165, 1.54) is 11.8 Å². The van der Waals surface area contributed by atoms with Crippen molar-refractivity contribution in [3.63, 3.8) is 0 Å². The molecule has 4 aromatic rings. The summed E-state index contributed by atoms with van der Waals surface area (Å²) in [6.07, 6.45) is 0. The summed E-state index contributed by atoms with van der Waals surface area (Å²) in [5, 5.41) is 16.5. The number of nitrogens with one attached hydrogen (secondary N) is 2. The maximum Gasteiger partial charge on any atom is 0.237 e. The Labute approximate surface area is 219 Å². The lowest BCUT2D eigenvalue weighted by atomic mass is 10.1. The fourth-order valence-electron chi connectivity index (χ4n) is 3.58. The average molecular weight is 526 g/mol. The number of hydrogen-bond donors (Lipinski definition) is 2. The molecule has 3 aromatic carbocycles. The van der Waals surface area contributed by atoms with Gasteiger partial charge in [0.1, 0.15) is 0 Å². The van der Waals surface area contributed by atoms with Gasteiger partial charge in [-0.05, 0) is 62.2 Å². The van der Waals surface area contributed by atoms with E-state index in [0.29, 0.717) is 33.3 Å². The molecule has 6 nitrogen and oxygen atoms in total. The van der Waals surface area contributed by atoms with E-state index in [0.717, 1.165) is 22.5 Å². The van der Waals surface area contributed by atoms with E-state index in [2.05, 4.69) is 20.8 Å². The molecule has 35 heavy (non-hydrogen) atoms. The van der Waals surface area contributed by atoms with Crippen LogP contribution in [0.2, 0.25) is 10.0 Å². The molecule has 9 heteroatoms. The molecule has 0 aliphatic rings. The number of rotatable bonds is 8. The van der Waals surface area contributed by atoms with E-state index in [1.807, 2.05) is 73.9 Å². The third kappa shape index (κ3) is 5.99. The van der Waals surface area contributed by atoms with Crippen molar-refractivity contribution in [2.45, 2.75) is 37.7 Å². The second kappa shape index (κ2) is 11.2. The molecule has 1 amide bonds. The lowest BCUT2D eigenvalue weighted by molar-refractivity contribution is -0.115. The Kier molecular flexibility index (Phi) is 8.00. The molecule has 180 valence electrons. The first-order valence-corrected chi connectivity index (χ1v) is 12.7. The fraction of sp³-hybridized carbons (Fsp3) is 0.192. The van der Waals surface area contributed by atoms with Crippen LogP contribution in [0, 0.1) is 13.8 Å². The lowest BCUT2D eigenvalue weighted by Gasteiger charge is -2.16. The van der Waals surface area contributed by atoms with Gasteiger partial charge in [-0.3, -0.25) is 9.36 Å². The normalized spacial score (nSPS) is 11.8. The van der Waals surface area contributed by atoms with Crippen molar-refractivity contribution in [2.24, 2.45) is 0 Å². The van der Waals surface area contributed by atoms with Crippen molar-refractivity contribution in [1.29, 1.82) is 0 Å². The van der Waals surface area contributed by atoms with Crippen molar-refractivity contribution in [3.8, 4) is 5.69 Å². The lowest BCUT2D eigenvalue weighted by Crippen LogP contribution is -2.24. The molecule has 0 aliphatic carbocycles. The summed E-state index contributed by atoms with van der Waals surface area (Å²) in [7, 11) is 0. The number of hydrogen-bond acceptors (Lipinski definition) is 5. The highest BCUT2D eigenvalue weighted by Gasteiger charge is 2.22. The van der Waals surface area contributed by atoms with E-state index in [1.54, 1.807) is 18.2 Å². The third-order valence-corrected chi connectivity index (χ3v) is 7.07. The van der Waals surface area contributed by atoms with Gasteiger partial charge in [0.2, 0.25) is 5.91 Å². The zero-order valence-electron chi connectivity index (χ0n) is 19.5. The molecular formula is C26H25Cl2N5OS. The van der Waals surface area contributed by atoms with Gasteiger partial charge in [-0.15, -0.1) is 10.2 Å². The molecule has 1 aromatic heterocycles. The standard InChI is InChI=1S/C26H25Cl2N5OS/c1-16-8-7-9-17(2)24(16)30-25(34)18(3)35-26-32-31-23(33(26)20-10-5-4-6-11-20)15-29-22-14-19(27)12-13-21(22)28/h4-14,18,29H,15H2,1-3H3,(H,30,34)/t18-/m0/s1. The van der Waals surface area contributed by atoms with Gasteiger partial charge < -0.3 is 10.6 Å². The van der Waals surface area contributed by atoms with Crippen LogP contribution >= 0.6 is 35.0 Å². The third-order valence-electron chi connectivity index (χ3n) is 5.46. The number of para-hydroxylation sites is 2. The minimum absolute atomic E-state index is 0.0969. The number of amides is 1. The molecule has 1 heterocycles. The highest BCUT2D eigenvalue weighted by molar-refractivity contribution is 8.00. The van der Waals surface area contributed by atoms with Crippen LogP contribution in [-0.2, 0) is 11.3 Å². The van der Waals surface area contributed by atoms with Crippen molar-refractivity contribution >= 4 is 52.2 Å². The number of aromatic nitrogens is 3. The molecule has 2 N–H and O–H groups in total. The summed E-state index contributed by atoms with van der Waals surface area (Å²) in [6.45, 7) is 6.20.